The molecule has 0 heterocycles. The van der Waals surface area contributed by atoms with Crippen molar-refractivity contribution in [2.45, 2.75) is 79.1 Å². The molecule has 0 spiro atoms. The van der Waals surface area contributed by atoms with Crippen LogP contribution in [0, 0.1) is 46.3 Å². The molecule has 0 bridgehead atoms. The van der Waals surface area contributed by atoms with E-state index >= 15 is 0 Å². The Labute approximate surface area is 138 Å². The average Bonchev–Trinajstić information content (AvgIpc) is 2.84. The molecule has 0 amide bonds. The molecule has 4 rings (SSSR count). The minimum atomic E-state index is 0.614. The van der Waals surface area contributed by atoms with Gasteiger partial charge in [0.1, 0.15) is 0 Å². The Morgan fingerprint density at radius 1 is 0.955 bits per heavy atom. The van der Waals surface area contributed by atoms with Crippen LogP contribution in [0.15, 0.2) is 12.2 Å². The molecule has 0 nitrogen and oxygen atoms in total. The molecule has 0 aromatic rings. The standard InChI is InChI=1S/C22H36/c1-5-16-9-10-19-17-14-15(2)18-8-6-7-12-22(18,4)20(17)11-13-21(16,19)3/h6-7,15-20H,5,8-14H2,1-4H3/t15-,16-,17-,18?,19-,20-,21+,22-/m0/s1. The van der Waals surface area contributed by atoms with E-state index in [1.54, 1.807) is 6.42 Å². The van der Waals surface area contributed by atoms with Crippen LogP contribution in [0.4, 0.5) is 0 Å². The maximum atomic E-state index is 2.68. The van der Waals surface area contributed by atoms with Gasteiger partial charge in [0.15, 0.2) is 0 Å². The number of hydrogen-bond acceptors (Lipinski definition) is 0. The zero-order chi connectivity index (χ0) is 15.5. The first-order chi connectivity index (χ1) is 10.5. The highest BCUT2D eigenvalue weighted by Crippen LogP contribution is 2.68. The summed E-state index contributed by atoms with van der Waals surface area (Å²) in [5, 5.41) is 0. The van der Waals surface area contributed by atoms with Crippen molar-refractivity contribution >= 4 is 0 Å². The monoisotopic (exact) mass is 300 g/mol. The van der Waals surface area contributed by atoms with Gasteiger partial charge in [-0.3, -0.25) is 0 Å². The fourth-order valence-corrected chi connectivity index (χ4v) is 8.12. The van der Waals surface area contributed by atoms with Crippen molar-refractivity contribution in [3.8, 4) is 0 Å². The highest BCUT2D eigenvalue weighted by atomic mass is 14.6. The van der Waals surface area contributed by atoms with E-state index in [1.807, 2.05) is 0 Å². The van der Waals surface area contributed by atoms with E-state index in [4.69, 9.17) is 0 Å². The summed E-state index contributed by atoms with van der Waals surface area (Å²) in [5.74, 6) is 6.03. The van der Waals surface area contributed by atoms with Gasteiger partial charge in [0.25, 0.3) is 0 Å². The van der Waals surface area contributed by atoms with Crippen molar-refractivity contribution in [2.24, 2.45) is 46.3 Å². The van der Waals surface area contributed by atoms with Crippen LogP contribution in [-0.2, 0) is 0 Å². The Morgan fingerprint density at radius 3 is 2.50 bits per heavy atom. The van der Waals surface area contributed by atoms with Crippen molar-refractivity contribution < 1.29 is 0 Å². The molecule has 1 unspecified atom stereocenters. The fraction of sp³-hybridized carbons (Fsp3) is 0.909. The predicted molar refractivity (Wildman–Crippen MR) is 94.6 cm³/mol. The molecule has 3 saturated carbocycles. The van der Waals surface area contributed by atoms with Crippen LogP contribution in [-0.4, -0.2) is 0 Å². The van der Waals surface area contributed by atoms with E-state index < -0.39 is 0 Å². The Kier molecular flexibility index (Phi) is 3.55. The first-order valence-corrected chi connectivity index (χ1v) is 10.2. The molecule has 0 aromatic carbocycles. The third kappa shape index (κ3) is 1.88. The van der Waals surface area contributed by atoms with Crippen LogP contribution in [0.1, 0.15) is 79.1 Å². The molecule has 8 atom stereocenters. The maximum Gasteiger partial charge on any atom is -0.0226 e. The van der Waals surface area contributed by atoms with Crippen LogP contribution in [0.5, 0.6) is 0 Å². The number of rotatable bonds is 1. The van der Waals surface area contributed by atoms with E-state index in [0.29, 0.717) is 10.8 Å². The van der Waals surface area contributed by atoms with Gasteiger partial charge in [-0.2, -0.15) is 0 Å². The van der Waals surface area contributed by atoms with Crippen LogP contribution in [0.3, 0.4) is 0 Å². The molecule has 4 aliphatic carbocycles. The summed E-state index contributed by atoms with van der Waals surface area (Å²) < 4.78 is 0. The number of fused-ring (bicyclic) bond motifs is 5. The van der Waals surface area contributed by atoms with E-state index in [1.165, 1.54) is 44.9 Å². The second kappa shape index (κ2) is 5.12. The summed E-state index contributed by atoms with van der Waals surface area (Å²) >= 11 is 0. The second-order valence-corrected chi connectivity index (χ2v) is 9.84. The Bertz CT molecular complexity index is 463. The predicted octanol–water partition coefficient (Wildman–Crippen LogP) is 6.47. The topological polar surface area (TPSA) is 0 Å². The van der Waals surface area contributed by atoms with Gasteiger partial charge in [0, 0.05) is 0 Å². The van der Waals surface area contributed by atoms with Gasteiger partial charge in [-0.25, -0.2) is 0 Å². The minimum Gasteiger partial charge on any atom is -0.0882 e. The summed E-state index contributed by atoms with van der Waals surface area (Å²) in [5.41, 5.74) is 1.30. The SMILES string of the molecule is CC[C@H]1CC[C@H]2[C@@H]3C[C@H](C)C4CC=CC[C@]4(C)[C@H]3CC[C@]12C. The van der Waals surface area contributed by atoms with Gasteiger partial charge in [0.05, 0.1) is 0 Å². The van der Waals surface area contributed by atoms with E-state index in [9.17, 15) is 0 Å². The summed E-state index contributed by atoms with van der Waals surface area (Å²) in [6.07, 6.45) is 16.8. The fourth-order valence-electron chi connectivity index (χ4n) is 8.12. The normalized spacial score (nSPS) is 57.1. The largest absolute Gasteiger partial charge is 0.0882 e. The van der Waals surface area contributed by atoms with Crippen molar-refractivity contribution in [1.29, 1.82) is 0 Å². The Morgan fingerprint density at radius 2 is 1.73 bits per heavy atom. The lowest BCUT2D eigenvalue weighted by atomic mass is 9.43. The molecule has 0 heteroatoms. The molecule has 0 aromatic heterocycles. The van der Waals surface area contributed by atoms with Crippen LogP contribution < -0.4 is 0 Å². The Hall–Kier alpha value is -0.260. The third-order valence-electron chi connectivity index (χ3n) is 9.27. The molecule has 0 aliphatic heterocycles. The van der Waals surface area contributed by atoms with Crippen LogP contribution in [0.2, 0.25) is 0 Å². The maximum absolute atomic E-state index is 2.68. The highest BCUT2D eigenvalue weighted by molar-refractivity contribution is 5.13. The number of allylic oxidation sites excluding steroid dienone is 2. The van der Waals surface area contributed by atoms with Gasteiger partial charge in [-0.15, -0.1) is 0 Å². The van der Waals surface area contributed by atoms with Crippen molar-refractivity contribution in [3.05, 3.63) is 12.2 Å². The molecule has 124 valence electrons. The lowest BCUT2D eigenvalue weighted by molar-refractivity contribution is -0.117. The first kappa shape index (κ1) is 15.3. The molecule has 22 heavy (non-hydrogen) atoms. The summed E-state index contributed by atoms with van der Waals surface area (Å²) in [7, 11) is 0. The average molecular weight is 301 g/mol. The molecule has 0 radical (unpaired) electrons. The zero-order valence-corrected chi connectivity index (χ0v) is 15.3. The Balaban J connectivity index is 1.68. The highest BCUT2D eigenvalue weighted by Gasteiger charge is 2.60. The van der Waals surface area contributed by atoms with Gasteiger partial charge < -0.3 is 0 Å². The molecule has 4 aliphatic rings. The molecule has 3 fully saturated rings. The smallest absolute Gasteiger partial charge is 0.0226 e. The molecular formula is C22H36. The quantitative estimate of drug-likeness (QED) is 0.487. The van der Waals surface area contributed by atoms with Crippen LogP contribution in [0.25, 0.3) is 0 Å². The summed E-state index contributed by atoms with van der Waals surface area (Å²) in [6.45, 7) is 10.4. The van der Waals surface area contributed by atoms with Crippen molar-refractivity contribution in [2.75, 3.05) is 0 Å². The van der Waals surface area contributed by atoms with Gasteiger partial charge >= 0.3 is 0 Å². The zero-order valence-electron chi connectivity index (χ0n) is 15.3. The van der Waals surface area contributed by atoms with Gasteiger partial charge in [0.2, 0.25) is 0 Å². The summed E-state index contributed by atoms with van der Waals surface area (Å²) in [6, 6.07) is 0. The van der Waals surface area contributed by atoms with E-state index in [0.717, 1.165) is 35.5 Å². The van der Waals surface area contributed by atoms with Crippen molar-refractivity contribution in [3.63, 3.8) is 0 Å². The van der Waals surface area contributed by atoms with Gasteiger partial charge in [-0.1, -0.05) is 46.3 Å². The van der Waals surface area contributed by atoms with E-state index in [2.05, 4.69) is 39.8 Å². The lowest BCUT2D eigenvalue weighted by Gasteiger charge is -2.61. The van der Waals surface area contributed by atoms with Crippen molar-refractivity contribution in [1.82, 2.24) is 0 Å². The lowest BCUT2D eigenvalue weighted by Crippen LogP contribution is -2.54. The van der Waals surface area contributed by atoms with E-state index in [-0.39, 0.29) is 0 Å². The minimum absolute atomic E-state index is 0.614. The summed E-state index contributed by atoms with van der Waals surface area (Å²) in [4.78, 5) is 0. The second-order valence-electron chi connectivity index (χ2n) is 9.84. The van der Waals surface area contributed by atoms with Crippen LogP contribution >= 0.6 is 0 Å². The number of hydrogen-bond donors (Lipinski definition) is 0. The third-order valence-corrected chi connectivity index (χ3v) is 9.27. The first-order valence-electron chi connectivity index (χ1n) is 10.2. The molecule has 0 N–H and O–H groups in total. The van der Waals surface area contributed by atoms with Gasteiger partial charge in [-0.05, 0) is 91.3 Å². The molecule has 0 saturated heterocycles. The molecular weight excluding hydrogens is 264 g/mol.